The summed E-state index contributed by atoms with van der Waals surface area (Å²) < 4.78 is 2.82. The lowest BCUT2D eigenvalue weighted by atomic mass is 10.1. The van der Waals surface area contributed by atoms with E-state index in [-0.39, 0.29) is 18.0 Å². The van der Waals surface area contributed by atoms with E-state index in [1.54, 1.807) is 11.4 Å². The zero-order chi connectivity index (χ0) is 17.3. The zero-order valence-corrected chi connectivity index (χ0v) is 14.2. The van der Waals surface area contributed by atoms with E-state index in [0.717, 1.165) is 11.0 Å². The second kappa shape index (κ2) is 6.45. The highest BCUT2D eigenvalue weighted by Gasteiger charge is 2.14. The van der Waals surface area contributed by atoms with Crippen LogP contribution in [0.2, 0.25) is 0 Å². The standard InChI is InChI=1S/C17H17N3O3S/c1-3-11-4-6-12(7-5-11)18-14(21)10-20-13-8-9-24-15(13)16(22)19(2)17(20)23/h4-9H,3,10H2,1-2H3,(H,18,21). The number of hydrogen-bond acceptors (Lipinski definition) is 4. The zero-order valence-electron chi connectivity index (χ0n) is 13.4. The van der Waals surface area contributed by atoms with Crippen LogP contribution in [0.3, 0.4) is 0 Å². The molecule has 24 heavy (non-hydrogen) atoms. The van der Waals surface area contributed by atoms with Gasteiger partial charge < -0.3 is 5.32 Å². The van der Waals surface area contributed by atoms with Gasteiger partial charge in [0.2, 0.25) is 5.91 Å². The number of hydrogen-bond donors (Lipinski definition) is 1. The van der Waals surface area contributed by atoms with Gasteiger partial charge in [-0.3, -0.25) is 18.7 Å². The van der Waals surface area contributed by atoms with E-state index >= 15 is 0 Å². The van der Waals surface area contributed by atoms with Crippen LogP contribution in [0, 0.1) is 0 Å². The molecule has 0 bridgehead atoms. The Kier molecular flexibility index (Phi) is 4.35. The molecule has 2 heterocycles. The molecule has 7 heteroatoms. The van der Waals surface area contributed by atoms with E-state index in [0.29, 0.717) is 15.9 Å². The molecule has 0 aliphatic heterocycles. The first kappa shape index (κ1) is 16.2. The van der Waals surface area contributed by atoms with Gasteiger partial charge in [0.25, 0.3) is 5.56 Å². The molecule has 0 aliphatic rings. The van der Waals surface area contributed by atoms with Crippen LogP contribution < -0.4 is 16.6 Å². The maximum absolute atomic E-state index is 12.3. The molecule has 1 aromatic carbocycles. The van der Waals surface area contributed by atoms with Gasteiger partial charge in [-0.1, -0.05) is 19.1 Å². The van der Waals surface area contributed by atoms with Crippen molar-refractivity contribution >= 4 is 33.1 Å². The number of nitrogens with zero attached hydrogens (tertiary/aromatic N) is 2. The monoisotopic (exact) mass is 343 g/mol. The lowest BCUT2D eigenvalue weighted by Crippen LogP contribution is -2.39. The Hall–Kier alpha value is -2.67. The molecule has 1 N–H and O–H groups in total. The third kappa shape index (κ3) is 2.90. The van der Waals surface area contributed by atoms with Gasteiger partial charge in [0.05, 0.1) is 5.52 Å². The molecule has 124 valence electrons. The highest BCUT2D eigenvalue weighted by atomic mass is 32.1. The highest BCUT2D eigenvalue weighted by Crippen LogP contribution is 2.15. The fourth-order valence-electron chi connectivity index (χ4n) is 2.52. The second-order valence-electron chi connectivity index (χ2n) is 5.47. The quantitative estimate of drug-likeness (QED) is 0.787. The van der Waals surface area contributed by atoms with Gasteiger partial charge in [0.15, 0.2) is 0 Å². The smallest absolute Gasteiger partial charge is 0.325 e. The lowest BCUT2D eigenvalue weighted by molar-refractivity contribution is -0.116. The fraction of sp³-hybridized carbons (Fsp3) is 0.235. The summed E-state index contributed by atoms with van der Waals surface area (Å²) in [4.78, 5) is 36.7. The highest BCUT2D eigenvalue weighted by molar-refractivity contribution is 7.17. The van der Waals surface area contributed by atoms with E-state index in [9.17, 15) is 14.4 Å². The summed E-state index contributed by atoms with van der Waals surface area (Å²) in [5.74, 6) is -0.313. The molecule has 0 saturated carbocycles. The normalized spacial score (nSPS) is 10.9. The Morgan fingerprint density at radius 3 is 2.54 bits per heavy atom. The van der Waals surface area contributed by atoms with E-state index in [1.807, 2.05) is 24.3 Å². The molecule has 6 nitrogen and oxygen atoms in total. The van der Waals surface area contributed by atoms with Crippen LogP contribution >= 0.6 is 11.3 Å². The van der Waals surface area contributed by atoms with Crippen LogP contribution in [0.15, 0.2) is 45.3 Å². The van der Waals surface area contributed by atoms with E-state index < -0.39 is 5.69 Å². The average Bonchev–Trinajstić information content (AvgIpc) is 3.07. The number of rotatable bonds is 4. The fourth-order valence-corrected chi connectivity index (χ4v) is 3.39. The SMILES string of the molecule is CCc1ccc(NC(=O)Cn2c(=O)n(C)c(=O)c3sccc32)cc1. The number of nitrogens with one attached hydrogen (secondary N) is 1. The minimum absolute atomic E-state index is 0.143. The van der Waals surface area contributed by atoms with Crippen molar-refractivity contribution in [3.8, 4) is 0 Å². The number of carbonyl (C=O) groups excluding carboxylic acids is 1. The van der Waals surface area contributed by atoms with Crippen LogP contribution in [-0.4, -0.2) is 15.0 Å². The summed E-state index contributed by atoms with van der Waals surface area (Å²) >= 11 is 1.26. The van der Waals surface area contributed by atoms with Crippen molar-refractivity contribution in [3.05, 3.63) is 62.1 Å². The summed E-state index contributed by atoms with van der Waals surface area (Å²) in [6, 6.07) is 9.25. The van der Waals surface area contributed by atoms with Gasteiger partial charge in [0, 0.05) is 12.7 Å². The number of fused-ring (bicyclic) bond motifs is 1. The Labute approximate surface area is 142 Å². The first-order chi connectivity index (χ1) is 11.5. The van der Waals surface area contributed by atoms with Crippen molar-refractivity contribution in [3.63, 3.8) is 0 Å². The van der Waals surface area contributed by atoms with E-state index in [2.05, 4.69) is 12.2 Å². The van der Waals surface area contributed by atoms with Gasteiger partial charge in [-0.05, 0) is 35.6 Å². The van der Waals surface area contributed by atoms with Gasteiger partial charge in [-0.2, -0.15) is 0 Å². The molecule has 2 aromatic heterocycles. The molecule has 0 atom stereocenters. The molecule has 0 radical (unpaired) electrons. The molecule has 1 amide bonds. The Balaban J connectivity index is 1.89. The van der Waals surface area contributed by atoms with Crippen molar-refractivity contribution in [2.24, 2.45) is 7.05 Å². The summed E-state index contributed by atoms with van der Waals surface area (Å²) in [6.07, 6.45) is 0.928. The number of aromatic nitrogens is 2. The third-order valence-corrected chi connectivity index (χ3v) is 4.79. The number of benzene rings is 1. The van der Waals surface area contributed by atoms with Crippen molar-refractivity contribution in [1.29, 1.82) is 0 Å². The van der Waals surface area contributed by atoms with Crippen molar-refractivity contribution in [2.45, 2.75) is 19.9 Å². The Morgan fingerprint density at radius 2 is 1.88 bits per heavy atom. The average molecular weight is 343 g/mol. The lowest BCUT2D eigenvalue weighted by Gasteiger charge is -2.10. The molecule has 0 aliphatic carbocycles. The number of aryl methyl sites for hydroxylation is 1. The number of thiophene rings is 1. The largest absolute Gasteiger partial charge is 0.331 e. The molecule has 0 saturated heterocycles. The third-order valence-electron chi connectivity index (χ3n) is 3.90. The minimum atomic E-state index is -0.498. The minimum Gasteiger partial charge on any atom is -0.325 e. The van der Waals surface area contributed by atoms with Gasteiger partial charge >= 0.3 is 5.69 Å². The summed E-state index contributed by atoms with van der Waals surface area (Å²) in [5, 5.41) is 4.52. The van der Waals surface area contributed by atoms with Crippen molar-refractivity contribution < 1.29 is 4.79 Å². The van der Waals surface area contributed by atoms with Crippen LogP contribution in [0.25, 0.3) is 10.2 Å². The van der Waals surface area contributed by atoms with Crippen LogP contribution in [-0.2, 0) is 24.8 Å². The first-order valence-corrected chi connectivity index (χ1v) is 8.45. The molecule has 0 fully saturated rings. The van der Waals surface area contributed by atoms with Gasteiger partial charge in [-0.25, -0.2) is 4.79 Å². The van der Waals surface area contributed by atoms with Gasteiger partial charge in [0.1, 0.15) is 11.2 Å². The molecule has 0 spiro atoms. The molecular weight excluding hydrogens is 326 g/mol. The van der Waals surface area contributed by atoms with Crippen molar-refractivity contribution in [1.82, 2.24) is 9.13 Å². The number of carbonyl (C=O) groups is 1. The molecule has 3 aromatic rings. The summed E-state index contributed by atoms with van der Waals surface area (Å²) in [5.41, 5.74) is 1.52. The summed E-state index contributed by atoms with van der Waals surface area (Å²) in [7, 11) is 1.42. The predicted octanol–water partition coefficient (Wildman–Crippen LogP) is 1.96. The van der Waals surface area contributed by atoms with Crippen LogP contribution in [0.1, 0.15) is 12.5 Å². The van der Waals surface area contributed by atoms with Crippen LogP contribution in [0.5, 0.6) is 0 Å². The maximum atomic E-state index is 12.3. The van der Waals surface area contributed by atoms with E-state index in [4.69, 9.17) is 0 Å². The van der Waals surface area contributed by atoms with Crippen LogP contribution in [0.4, 0.5) is 5.69 Å². The first-order valence-electron chi connectivity index (χ1n) is 7.57. The number of anilines is 1. The van der Waals surface area contributed by atoms with E-state index in [1.165, 1.54) is 28.5 Å². The molecular formula is C17H17N3O3S. The van der Waals surface area contributed by atoms with Gasteiger partial charge in [-0.15, -0.1) is 11.3 Å². The summed E-state index contributed by atoms with van der Waals surface area (Å²) in [6.45, 7) is 1.92. The Morgan fingerprint density at radius 1 is 1.17 bits per heavy atom. The Bertz CT molecular complexity index is 1010. The molecule has 0 unspecified atom stereocenters. The maximum Gasteiger partial charge on any atom is 0.331 e. The second-order valence-corrected chi connectivity index (χ2v) is 6.38. The van der Waals surface area contributed by atoms with Crippen molar-refractivity contribution in [2.75, 3.05) is 5.32 Å². The number of amides is 1. The predicted molar refractivity (Wildman–Crippen MR) is 95.8 cm³/mol. The topological polar surface area (TPSA) is 73.1 Å². The molecule has 3 rings (SSSR count).